The van der Waals surface area contributed by atoms with E-state index in [4.69, 9.17) is 15.0 Å². The first-order chi connectivity index (χ1) is 23.8. The Bertz CT molecular complexity index is 2760. The molecule has 4 aromatic heterocycles. The summed E-state index contributed by atoms with van der Waals surface area (Å²) in [6.07, 6.45) is 3.46. The highest BCUT2D eigenvalue weighted by Crippen LogP contribution is 2.42. The lowest BCUT2D eigenvalue weighted by atomic mass is 10.1. The van der Waals surface area contributed by atoms with Crippen LogP contribution in [-0.2, 0) is 0 Å². The molecule has 10 aromatic rings. The lowest BCUT2D eigenvalue weighted by molar-refractivity contribution is 0.953. The Kier molecular flexibility index (Phi) is 5.74. The second-order valence-electron chi connectivity index (χ2n) is 11.8. The van der Waals surface area contributed by atoms with Crippen molar-refractivity contribution in [2.75, 3.05) is 0 Å². The Morgan fingerprint density at radius 1 is 0.458 bits per heavy atom. The van der Waals surface area contributed by atoms with Crippen LogP contribution in [0.2, 0.25) is 0 Å². The summed E-state index contributed by atoms with van der Waals surface area (Å²) in [4.78, 5) is 24.4. The molecule has 0 N–H and O–H groups in total. The topological polar surface area (TPSA) is 74.3 Å². The number of aromatic nitrogens is 7. The van der Waals surface area contributed by atoms with Crippen molar-refractivity contribution in [3.05, 3.63) is 152 Å². The Balaban J connectivity index is 1.43. The summed E-state index contributed by atoms with van der Waals surface area (Å²) in [5, 5.41) is 5.41. The van der Waals surface area contributed by atoms with Crippen molar-refractivity contribution < 1.29 is 0 Å². The van der Waals surface area contributed by atoms with Crippen LogP contribution in [-0.4, -0.2) is 34.1 Å². The fourth-order valence-corrected chi connectivity index (χ4v) is 6.97. The first kappa shape index (κ1) is 26.5. The smallest absolute Gasteiger partial charge is 0.238 e. The average Bonchev–Trinajstić information content (AvgIpc) is 3.67. The third kappa shape index (κ3) is 3.98. The molecule has 4 heterocycles. The summed E-state index contributed by atoms with van der Waals surface area (Å²) in [6.45, 7) is 0. The van der Waals surface area contributed by atoms with E-state index in [0.29, 0.717) is 17.6 Å². The van der Waals surface area contributed by atoms with Crippen LogP contribution < -0.4 is 0 Å². The zero-order valence-corrected chi connectivity index (χ0v) is 25.6. The SMILES string of the molecule is c1ccc(-c2nc(-c3ccccc3)nc(-n3c4cc5cncnc5cc4c4ccc5c6ccccc6n(-c6ccccc6)c5c43)n2)cc1. The van der Waals surface area contributed by atoms with E-state index in [-0.39, 0.29) is 0 Å². The van der Waals surface area contributed by atoms with E-state index >= 15 is 0 Å². The van der Waals surface area contributed by atoms with Crippen molar-refractivity contribution in [1.82, 2.24) is 34.1 Å². The molecule has 224 valence electrons. The lowest BCUT2D eigenvalue weighted by Gasteiger charge is -2.13. The van der Waals surface area contributed by atoms with Crippen LogP contribution in [0.5, 0.6) is 0 Å². The minimum atomic E-state index is 0.538. The monoisotopic (exact) mass is 615 g/mol. The summed E-state index contributed by atoms with van der Waals surface area (Å²) in [7, 11) is 0. The summed E-state index contributed by atoms with van der Waals surface area (Å²) >= 11 is 0. The summed E-state index contributed by atoms with van der Waals surface area (Å²) in [6, 6.07) is 48.1. The van der Waals surface area contributed by atoms with E-state index in [1.54, 1.807) is 6.33 Å². The van der Waals surface area contributed by atoms with Crippen LogP contribution in [0, 0.1) is 0 Å². The Labute approximate surface area is 274 Å². The van der Waals surface area contributed by atoms with Crippen LogP contribution in [0.3, 0.4) is 0 Å². The first-order valence-electron chi connectivity index (χ1n) is 15.8. The molecule has 0 amide bonds. The van der Waals surface area contributed by atoms with Gasteiger partial charge in [-0.1, -0.05) is 109 Å². The normalized spacial score (nSPS) is 11.8. The molecule has 0 saturated carbocycles. The molecule has 0 radical (unpaired) electrons. The minimum absolute atomic E-state index is 0.538. The molecule has 0 aliphatic rings. The van der Waals surface area contributed by atoms with Gasteiger partial charge in [-0.3, -0.25) is 4.57 Å². The molecule has 10 rings (SSSR count). The van der Waals surface area contributed by atoms with E-state index in [2.05, 4.69) is 98.0 Å². The molecule has 7 nitrogen and oxygen atoms in total. The van der Waals surface area contributed by atoms with Crippen molar-refractivity contribution in [1.29, 1.82) is 0 Å². The van der Waals surface area contributed by atoms with Crippen molar-refractivity contribution in [3.8, 4) is 34.4 Å². The van der Waals surface area contributed by atoms with Gasteiger partial charge in [0, 0.05) is 49.9 Å². The third-order valence-corrected chi connectivity index (χ3v) is 9.09. The molecule has 0 saturated heterocycles. The Morgan fingerprint density at radius 2 is 1.06 bits per heavy atom. The van der Waals surface area contributed by atoms with Crippen molar-refractivity contribution >= 4 is 54.5 Å². The Morgan fingerprint density at radius 3 is 1.77 bits per heavy atom. The van der Waals surface area contributed by atoms with Crippen molar-refractivity contribution in [3.63, 3.8) is 0 Å². The molecule has 48 heavy (non-hydrogen) atoms. The average molecular weight is 616 g/mol. The molecule has 0 spiro atoms. The van der Waals surface area contributed by atoms with Gasteiger partial charge in [0.25, 0.3) is 0 Å². The molecular formula is C41H25N7. The second-order valence-corrected chi connectivity index (χ2v) is 11.8. The van der Waals surface area contributed by atoms with Gasteiger partial charge in [0.1, 0.15) is 6.33 Å². The zero-order valence-electron chi connectivity index (χ0n) is 25.6. The van der Waals surface area contributed by atoms with E-state index in [9.17, 15) is 0 Å². The van der Waals surface area contributed by atoms with E-state index in [1.165, 1.54) is 5.39 Å². The number of rotatable bonds is 4. The van der Waals surface area contributed by atoms with Gasteiger partial charge in [0.2, 0.25) is 5.95 Å². The van der Waals surface area contributed by atoms with Gasteiger partial charge < -0.3 is 4.57 Å². The predicted molar refractivity (Wildman–Crippen MR) is 192 cm³/mol. The van der Waals surface area contributed by atoms with Crippen LogP contribution in [0.25, 0.3) is 88.9 Å². The standard InChI is InChI=1S/C41H25N7/c1-4-12-26(13-5-1)39-44-40(27-14-6-2-7-15-27)46-41(45-39)48-36-22-28-24-42-25-43-34(28)23-33(36)32-21-20-31-30-18-10-11-19-35(30)47(37(31)38(32)48)29-16-8-3-9-17-29/h1-25H. The van der Waals surface area contributed by atoms with Gasteiger partial charge in [-0.2, -0.15) is 9.97 Å². The maximum absolute atomic E-state index is 5.22. The highest BCUT2D eigenvalue weighted by molar-refractivity contribution is 6.24. The van der Waals surface area contributed by atoms with Crippen LogP contribution in [0.4, 0.5) is 0 Å². The Hall–Kier alpha value is -6.73. The second kappa shape index (κ2) is 10.4. The summed E-state index contributed by atoms with van der Waals surface area (Å²) in [5.41, 5.74) is 7.98. The van der Waals surface area contributed by atoms with Crippen molar-refractivity contribution in [2.45, 2.75) is 0 Å². The molecule has 7 heteroatoms. The fraction of sp³-hybridized carbons (Fsp3) is 0. The maximum Gasteiger partial charge on any atom is 0.238 e. The number of benzene rings is 6. The molecule has 0 aliphatic carbocycles. The highest BCUT2D eigenvalue weighted by Gasteiger charge is 2.24. The number of fused-ring (bicyclic) bond motifs is 8. The first-order valence-corrected chi connectivity index (χ1v) is 15.8. The molecule has 6 aromatic carbocycles. The largest absolute Gasteiger partial charge is 0.307 e. The molecular weight excluding hydrogens is 591 g/mol. The quantitative estimate of drug-likeness (QED) is 0.197. The number of nitrogens with zero attached hydrogens (tertiary/aromatic N) is 7. The van der Waals surface area contributed by atoms with E-state index < -0.39 is 0 Å². The zero-order chi connectivity index (χ0) is 31.6. The molecule has 0 fully saturated rings. The minimum Gasteiger partial charge on any atom is -0.307 e. The molecule has 0 bridgehead atoms. The van der Waals surface area contributed by atoms with Gasteiger partial charge in [0.05, 0.1) is 27.6 Å². The van der Waals surface area contributed by atoms with Gasteiger partial charge in [0.15, 0.2) is 11.6 Å². The summed E-state index contributed by atoms with van der Waals surface area (Å²) < 4.78 is 4.57. The van der Waals surface area contributed by atoms with Gasteiger partial charge >= 0.3 is 0 Å². The van der Waals surface area contributed by atoms with Crippen LogP contribution in [0.1, 0.15) is 0 Å². The maximum atomic E-state index is 5.22. The number of hydrogen-bond donors (Lipinski definition) is 0. The van der Waals surface area contributed by atoms with Gasteiger partial charge in [-0.25, -0.2) is 15.0 Å². The number of hydrogen-bond acceptors (Lipinski definition) is 5. The number of para-hydroxylation sites is 2. The van der Waals surface area contributed by atoms with Crippen LogP contribution in [0.15, 0.2) is 152 Å². The molecule has 0 atom stereocenters. The van der Waals surface area contributed by atoms with E-state index in [0.717, 1.165) is 65.9 Å². The molecule has 0 aliphatic heterocycles. The summed E-state index contributed by atoms with van der Waals surface area (Å²) in [5.74, 6) is 1.75. The van der Waals surface area contributed by atoms with E-state index in [1.807, 2.05) is 66.9 Å². The molecule has 0 unspecified atom stereocenters. The highest BCUT2D eigenvalue weighted by atomic mass is 15.2. The van der Waals surface area contributed by atoms with Crippen molar-refractivity contribution in [2.24, 2.45) is 0 Å². The third-order valence-electron chi connectivity index (χ3n) is 9.09. The van der Waals surface area contributed by atoms with Gasteiger partial charge in [-0.05, 0) is 30.3 Å². The lowest BCUT2D eigenvalue weighted by Crippen LogP contribution is -2.07. The van der Waals surface area contributed by atoms with Crippen LogP contribution >= 0.6 is 0 Å². The fourth-order valence-electron chi connectivity index (χ4n) is 6.97. The van der Waals surface area contributed by atoms with Gasteiger partial charge in [-0.15, -0.1) is 0 Å². The predicted octanol–water partition coefficient (Wildman–Crippen LogP) is 9.34.